The second-order valence-corrected chi connectivity index (χ2v) is 6.16. The summed E-state index contributed by atoms with van der Waals surface area (Å²) in [6.45, 7) is 2.27. The first kappa shape index (κ1) is 14.9. The molecule has 7 nitrogen and oxygen atoms in total. The van der Waals surface area contributed by atoms with E-state index in [1.165, 1.54) is 11.1 Å². The molecule has 0 radical (unpaired) electrons. The molecule has 24 heavy (non-hydrogen) atoms. The molecule has 2 N–H and O–H groups in total. The number of urea groups is 1. The average Bonchev–Trinajstić information content (AvgIpc) is 2.96. The second-order valence-electron chi connectivity index (χ2n) is 6.16. The van der Waals surface area contributed by atoms with Crippen LogP contribution in [0.1, 0.15) is 17.5 Å². The van der Waals surface area contributed by atoms with Crippen molar-refractivity contribution in [3.8, 4) is 11.4 Å². The molecule has 3 heterocycles. The van der Waals surface area contributed by atoms with Crippen LogP contribution in [-0.2, 0) is 24.8 Å². The molecule has 7 heteroatoms. The van der Waals surface area contributed by atoms with Crippen LogP contribution in [0.15, 0.2) is 24.4 Å². The minimum absolute atomic E-state index is 0.234. The number of fused-ring (bicyclic) bond motifs is 1. The second kappa shape index (κ2) is 5.76. The average molecular weight is 325 g/mol. The minimum atomic E-state index is -0.391. The van der Waals surface area contributed by atoms with Crippen molar-refractivity contribution in [2.75, 3.05) is 18.0 Å². The summed E-state index contributed by atoms with van der Waals surface area (Å²) in [6, 6.07) is 5.99. The molecule has 1 aromatic heterocycles. The maximum atomic E-state index is 12.0. The topological polar surface area (TPSA) is 79.3 Å². The van der Waals surface area contributed by atoms with Crippen LogP contribution < -0.4 is 15.5 Å². The van der Waals surface area contributed by atoms with E-state index in [9.17, 15) is 9.59 Å². The number of carbonyl (C=O) groups excluding carboxylic acids is 2. The molecule has 3 amide bonds. The minimum Gasteiger partial charge on any atom is -0.314 e. The van der Waals surface area contributed by atoms with Gasteiger partial charge in [0.15, 0.2) is 0 Å². The van der Waals surface area contributed by atoms with Crippen LogP contribution in [0.25, 0.3) is 11.4 Å². The van der Waals surface area contributed by atoms with E-state index in [0.29, 0.717) is 18.8 Å². The molecule has 0 spiro atoms. The Morgan fingerprint density at radius 2 is 2.04 bits per heavy atom. The number of rotatable bonds is 2. The number of imidazole rings is 1. The normalized spacial score (nSPS) is 17.6. The van der Waals surface area contributed by atoms with Crippen molar-refractivity contribution >= 4 is 17.8 Å². The van der Waals surface area contributed by atoms with E-state index in [2.05, 4.69) is 33.8 Å². The molecule has 2 aliphatic heterocycles. The zero-order valence-corrected chi connectivity index (χ0v) is 13.5. The fourth-order valence-corrected chi connectivity index (χ4v) is 3.32. The highest BCUT2D eigenvalue weighted by Gasteiger charge is 2.27. The van der Waals surface area contributed by atoms with Crippen LogP contribution in [0.2, 0.25) is 0 Å². The number of benzene rings is 1. The Bertz CT molecular complexity index is 826. The molecule has 2 aromatic rings. The van der Waals surface area contributed by atoms with E-state index in [1.54, 1.807) is 11.1 Å². The van der Waals surface area contributed by atoms with Crippen molar-refractivity contribution in [2.45, 2.75) is 19.4 Å². The predicted octanol–water partition coefficient (Wildman–Crippen LogP) is 1.18. The van der Waals surface area contributed by atoms with Crippen molar-refractivity contribution in [3.05, 3.63) is 35.5 Å². The van der Waals surface area contributed by atoms with Gasteiger partial charge in [0.25, 0.3) is 0 Å². The van der Waals surface area contributed by atoms with Gasteiger partial charge in [-0.25, -0.2) is 9.78 Å². The first-order valence-electron chi connectivity index (χ1n) is 8.09. The summed E-state index contributed by atoms with van der Waals surface area (Å²) < 4.78 is 1.90. The number of hydrogen-bond donors (Lipinski definition) is 2. The number of imide groups is 1. The van der Waals surface area contributed by atoms with Gasteiger partial charge in [-0.3, -0.25) is 15.0 Å². The zero-order valence-electron chi connectivity index (χ0n) is 13.5. The van der Waals surface area contributed by atoms with E-state index in [1.807, 2.05) is 11.6 Å². The van der Waals surface area contributed by atoms with Gasteiger partial charge in [0.05, 0.1) is 6.20 Å². The third-order valence-corrected chi connectivity index (χ3v) is 4.65. The van der Waals surface area contributed by atoms with Crippen LogP contribution in [0.5, 0.6) is 0 Å². The molecule has 0 saturated carbocycles. The van der Waals surface area contributed by atoms with Gasteiger partial charge in [-0.15, -0.1) is 0 Å². The summed E-state index contributed by atoms with van der Waals surface area (Å²) in [6.07, 6.45) is 3.00. The smallest absolute Gasteiger partial charge is 0.314 e. The summed E-state index contributed by atoms with van der Waals surface area (Å²) in [4.78, 5) is 29.4. The summed E-state index contributed by atoms with van der Waals surface area (Å²) in [7, 11) is 1.89. The Kier molecular flexibility index (Phi) is 3.57. The first-order valence-corrected chi connectivity index (χ1v) is 8.09. The highest BCUT2D eigenvalue weighted by atomic mass is 16.2. The first-order chi connectivity index (χ1) is 11.6. The lowest BCUT2D eigenvalue weighted by Gasteiger charge is -2.26. The van der Waals surface area contributed by atoms with Crippen LogP contribution >= 0.6 is 0 Å². The standard InChI is InChI=1S/C17H19N5O2/c1-21-15(22-7-5-14(23)20-17(22)24)10-19-16(21)12-2-3-13-9-18-6-4-11(13)8-12/h2-3,8,10,18H,4-7,9H2,1H3,(H,20,23,24). The quantitative estimate of drug-likeness (QED) is 0.869. The van der Waals surface area contributed by atoms with Gasteiger partial charge < -0.3 is 9.88 Å². The Morgan fingerprint density at radius 1 is 1.17 bits per heavy atom. The van der Waals surface area contributed by atoms with Crippen LogP contribution in [-0.4, -0.2) is 34.6 Å². The Morgan fingerprint density at radius 3 is 2.88 bits per heavy atom. The third kappa shape index (κ3) is 2.46. The lowest BCUT2D eigenvalue weighted by Crippen LogP contribution is -2.50. The molecule has 0 bridgehead atoms. The predicted molar refractivity (Wildman–Crippen MR) is 89.6 cm³/mol. The summed E-state index contributed by atoms with van der Waals surface area (Å²) in [5.41, 5.74) is 3.71. The number of nitrogens with zero attached hydrogens (tertiary/aromatic N) is 3. The van der Waals surface area contributed by atoms with E-state index >= 15 is 0 Å². The monoisotopic (exact) mass is 325 g/mol. The van der Waals surface area contributed by atoms with Gasteiger partial charge in [-0.1, -0.05) is 12.1 Å². The third-order valence-electron chi connectivity index (χ3n) is 4.65. The number of nitrogens with one attached hydrogen (secondary N) is 2. The molecule has 0 aliphatic carbocycles. The Hall–Kier alpha value is -2.67. The SMILES string of the molecule is Cn1c(N2CCC(=O)NC2=O)cnc1-c1ccc2c(c1)CCNC2. The van der Waals surface area contributed by atoms with Gasteiger partial charge in [0.1, 0.15) is 11.6 Å². The van der Waals surface area contributed by atoms with Gasteiger partial charge >= 0.3 is 6.03 Å². The van der Waals surface area contributed by atoms with E-state index in [-0.39, 0.29) is 5.91 Å². The maximum Gasteiger partial charge on any atom is 0.329 e. The zero-order chi connectivity index (χ0) is 16.7. The molecule has 0 unspecified atom stereocenters. The molecule has 1 saturated heterocycles. The number of hydrogen-bond acceptors (Lipinski definition) is 4. The molecular formula is C17H19N5O2. The van der Waals surface area contributed by atoms with Crippen molar-refractivity contribution < 1.29 is 9.59 Å². The van der Waals surface area contributed by atoms with Crippen molar-refractivity contribution in [3.63, 3.8) is 0 Å². The number of carbonyl (C=O) groups is 2. The van der Waals surface area contributed by atoms with Gasteiger partial charge in [-0.2, -0.15) is 0 Å². The number of aromatic nitrogens is 2. The maximum absolute atomic E-state index is 12.0. The fraction of sp³-hybridized carbons (Fsp3) is 0.353. The van der Waals surface area contributed by atoms with E-state index < -0.39 is 6.03 Å². The lowest BCUT2D eigenvalue weighted by atomic mass is 9.98. The molecule has 124 valence electrons. The summed E-state index contributed by atoms with van der Waals surface area (Å²) in [5.74, 6) is 1.27. The summed E-state index contributed by atoms with van der Waals surface area (Å²) in [5, 5.41) is 5.71. The van der Waals surface area contributed by atoms with E-state index in [0.717, 1.165) is 30.9 Å². The fourth-order valence-electron chi connectivity index (χ4n) is 3.32. The highest BCUT2D eigenvalue weighted by Crippen LogP contribution is 2.27. The van der Waals surface area contributed by atoms with Crippen LogP contribution in [0.4, 0.5) is 10.6 Å². The molecule has 4 rings (SSSR count). The number of amides is 3. The highest BCUT2D eigenvalue weighted by molar-refractivity contribution is 6.05. The van der Waals surface area contributed by atoms with Gasteiger partial charge in [0.2, 0.25) is 5.91 Å². The van der Waals surface area contributed by atoms with E-state index in [4.69, 9.17) is 0 Å². The van der Waals surface area contributed by atoms with Crippen molar-refractivity contribution in [1.82, 2.24) is 20.2 Å². The number of anilines is 1. The molecule has 1 fully saturated rings. The largest absolute Gasteiger partial charge is 0.329 e. The van der Waals surface area contributed by atoms with Gasteiger partial charge in [0, 0.05) is 32.1 Å². The summed E-state index contributed by atoms with van der Waals surface area (Å²) >= 11 is 0. The molecule has 2 aliphatic rings. The van der Waals surface area contributed by atoms with Crippen LogP contribution in [0.3, 0.4) is 0 Å². The van der Waals surface area contributed by atoms with Crippen molar-refractivity contribution in [1.29, 1.82) is 0 Å². The van der Waals surface area contributed by atoms with Gasteiger partial charge in [-0.05, 0) is 30.2 Å². The lowest BCUT2D eigenvalue weighted by molar-refractivity contribution is -0.120. The van der Waals surface area contributed by atoms with Crippen molar-refractivity contribution in [2.24, 2.45) is 7.05 Å². The molecule has 1 aromatic carbocycles. The molecule has 0 atom stereocenters. The Balaban J connectivity index is 1.67. The molecular weight excluding hydrogens is 306 g/mol. The Labute approximate surface area is 139 Å². The van der Waals surface area contributed by atoms with Crippen LogP contribution in [0, 0.1) is 0 Å².